The highest BCUT2D eigenvalue weighted by molar-refractivity contribution is 6.30. The number of carbonyl (C=O) groups excluding carboxylic acids is 1. The number of alkyl carbamates (subject to hydrolysis) is 1. The highest BCUT2D eigenvalue weighted by atomic mass is 35.5. The lowest BCUT2D eigenvalue weighted by molar-refractivity contribution is -0.139. The number of nitrogens with one attached hydrogen (secondary N) is 1. The van der Waals surface area contributed by atoms with Crippen molar-refractivity contribution in [2.45, 2.75) is 38.2 Å². The number of ether oxygens (including phenoxy) is 1. The minimum atomic E-state index is -0.860. The molecule has 0 unspecified atom stereocenters. The van der Waals surface area contributed by atoms with Crippen LogP contribution in [0.15, 0.2) is 24.3 Å². The van der Waals surface area contributed by atoms with E-state index in [9.17, 15) is 14.7 Å². The van der Waals surface area contributed by atoms with Gasteiger partial charge in [-0.2, -0.15) is 0 Å². The Balaban J connectivity index is 2.10. The smallest absolute Gasteiger partial charge is 0.407 e. The second-order valence-electron chi connectivity index (χ2n) is 6.61. The van der Waals surface area contributed by atoms with Crippen LogP contribution in [0.25, 0.3) is 0 Å². The molecule has 0 radical (unpaired) electrons. The Labute approximate surface area is 134 Å². The number of aliphatic carboxylic acids is 1. The zero-order valence-corrected chi connectivity index (χ0v) is 13.6. The van der Waals surface area contributed by atoms with Gasteiger partial charge in [-0.15, -0.1) is 0 Å². The first-order valence-corrected chi connectivity index (χ1v) is 7.47. The van der Waals surface area contributed by atoms with Crippen LogP contribution in [-0.2, 0) is 14.9 Å². The van der Waals surface area contributed by atoms with Crippen LogP contribution in [0.5, 0.6) is 0 Å². The van der Waals surface area contributed by atoms with Crippen LogP contribution in [0, 0.1) is 5.92 Å². The second kappa shape index (κ2) is 5.80. The molecule has 120 valence electrons. The van der Waals surface area contributed by atoms with Gasteiger partial charge >= 0.3 is 12.1 Å². The van der Waals surface area contributed by atoms with Crippen molar-refractivity contribution < 1.29 is 19.4 Å². The van der Waals surface area contributed by atoms with Crippen molar-refractivity contribution in [3.63, 3.8) is 0 Å². The fourth-order valence-electron chi connectivity index (χ4n) is 2.57. The average Bonchev–Trinajstić information content (AvgIpc) is 3.11. The van der Waals surface area contributed by atoms with E-state index >= 15 is 0 Å². The molecular formula is C16H20ClNO4. The maximum absolute atomic E-state index is 11.8. The number of carbonyl (C=O) groups is 2. The van der Waals surface area contributed by atoms with Crippen molar-refractivity contribution in [3.05, 3.63) is 34.9 Å². The molecule has 0 aliphatic heterocycles. The van der Waals surface area contributed by atoms with Crippen molar-refractivity contribution >= 4 is 23.7 Å². The van der Waals surface area contributed by atoms with Gasteiger partial charge in [-0.05, 0) is 44.9 Å². The van der Waals surface area contributed by atoms with Gasteiger partial charge < -0.3 is 15.2 Å². The summed E-state index contributed by atoms with van der Waals surface area (Å²) >= 11 is 5.88. The predicted molar refractivity (Wildman–Crippen MR) is 83.1 cm³/mol. The Hall–Kier alpha value is -1.75. The molecule has 1 aliphatic rings. The number of hydrogen-bond acceptors (Lipinski definition) is 3. The van der Waals surface area contributed by atoms with Gasteiger partial charge in [0.25, 0.3) is 0 Å². The molecule has 0 heterocycles. The molecule has 1 aliphatic carbocycles. The van der Waals surface area contributed by atoms with Gasteiger partial charge in [-0.3, -0.25) is 4.79 Å². The van der Waals surface area contributed by atoms with Gasteiger partial charge in [0.05, 0.1) is 5.92 Å². The molecule has 6 heteroatoms. The Bertz CT molecular complexity index is 579. The minimum Gasteiger partial charge on any atom is -0.481 e. The van der Waals surface area contributed by atoms with Crippen LogP contribution in [0.4, 0.5) is 4.79 Å². The van der Waals surface area contributed by atoms with E-state index in [2.05, 4.69) is 5.32 Å². The topological polar surface area (TPSA) is 75.6 Å². The lowest BCUT2D eigenvalue weighted by Gasteiger charge is -2.22. The van der Waals surface area contributed by atoms with Crippen molar-refractivity contribution in [3.8, 4) is 0 Å². The SMILES string of the molecule is CC(C)(C)OC(=O)NC[C@]1(c2ccc(Cl)cc2)C[C@H]1C(=O)O. The van der Waals surface area contributed by atoms with E-state index in [0.29, 0.717) is 11.4 Å². The molecule has 2 rings (SSSR count). The molecule has 22 heavy (non-hydrogen) atoms. The maximum atomic E-state index is 11.8. The van der Waals surface area contributed by atoms with Crippen LogP contribution < -0.4 is 5.32 Å². The molecule has 2 N–H and O–H groups in total. The first kappa shape index (κ1) is 16.6. The molecular weight excluding hydrogens is 306 g/mol. The normalized spacial score (nSPS) is 23.7. The van der Waals surface area contributed by atoms with Crippen LogP contribution in [0.3, 0.4) is 0 Å². The van der Waals surface area contributed by atoms with Crippen LogP contribution in [-0.4, -0.2) is 29.3 Å². The van der Waals surface area contributed by atoms with Crippen LogP contribution in [0.1, 0.15) is 32.8 Å². The number of carboxylic acid groups (broad SMARTS) is 1. The van der Waals surface area contributed by atoms with Crippen LogP contribution >= 0.6 is 11.6 Å². The lowest BCUT2D eigenvalue weighted by atomic mass is 9.93. The summed E-state index contributed by atoms with van der Waals surface area (Å²) in [6.07, 6.45) is -0.0587. The first-order valence-electron chi connectivity index (χ1n) is 7.10. The third-order valence-electron chi connectivity index (χ3n) is 3.74. The molecule has 1 fully saturated rings. The third kappa shape index (κ3) is 3.71. The van der Waals surface area contributed by atoms with Crippen molar-refractivity contribution in [1.29, 1.82) is 0 Å². The summed E-state index contributed by atoms with van der Waals surface area (Å²) in [7, 11) is 0. The molecule has 0 spiro atoms. The summed E-state index contributed by atoms with van der Waals surface area (Å²) in [4.78, 5) is 23.1. The number of halogens is 1. The number of benzene rings is 1. The fourth-order valence-corrected chi connectivity index (χ4v) is 2.70. The summed E-state index contributed by atoms with van der Waals surface area (Å²) in [6, 6.07) is 7.07. The van der Waals surface area contributed by atoms with E-state index < -0.39 is 29.0 Å². The van der Waals surface area contributed by atoms with Gasteiger partial charge in [0.2, 0.25) is 0 Å². The van der Waals surface area contributed by atoms with E-state index in [1.54, 1.807) is 32.9 Å². The highest BCUT2D eigenvalue weighted by Crippen LogP contribution is 2.54. The van der Waals surface area contributed by atoms with E-state index in [-0.39, 0.29) is 6.54 Å². The molecule has 5 nitrogen and oxygen atoms in total. The highest BCUT2D eigenvalue weighted by Gasteiger charge is 2.59. The van der Waals surface area contributed by atoms with Gasteiger partial charge in [-0.1, -0.05) is 23.7 Å². The minimum absolute atomic E-state index is 0.223. The zero-order chi connectivity index (χ0) is 16.5. The summed E-state index contributed by atoms with van der Waals surface area (Å²) in [5.74, 6) is -1.37. The average molecular weight is 326 g/mol. The maximum Gasteiger partial charge on any atom is 0.407 e. The Morgan fingerprint density at radius 2 is 1.95 bits per heavy atom. The van der Waals surface area contributed by atoms with Crippen LogP contribution in [0.2, 0.25) is 5.02 Å². The van der Waals surface area contributed by atoms with E-state index in [1.807, 2.05) is 12.1 Å². The Morgan fingerprint density at radius 3 is 2.41 bits per heavy atom. The summed E-state index contributed by atoms with van der Waals surface area (Å²) in [5, 5.41) is 12.6. The number of carboxylic acids is 1. The molecule has 0 aromatic heterocycles. The quantitative estimate of drug-likeness (QED) is 0.891. The summed E-state index contributed by atoms with van der Waals surface area (Å²) in [6.45, 7) is 5.55. The standard InChI is InChI=1S/C16H20ClNO4/c1-15(2,3)22-14(21)18-9-16(8-12(16)13(19)20)10-4-6-11(17)7-5-10/h4-7,12H,8-9H2,1-3H3,(H,18,21)(H,19,20)/t12-,16-/m0/s1. The van der Waals surface area contributed by atoms with E-state index in [0.717, 1.165) is 5.56 Å². The molecule has 1 amide bonds. The first-order chi connectivity index (χ1) is 10.1. The number of rotatable bonds is 4. The Kier molecular flexibility index (Phi) is 4.38. The molecule has 0 bridgehead atoms. The second-order valence-corrected chi connectivity index (χ2v) is 7.05. The van der Waals surface area contributed by atoms with Gasteiger partial charge in [0, 0.05) is 17.0 Å². The largest absolute Gasteiger partial charge is 0.481 e. The number of hydrogen-bond donors (Lipinski definition) is 2. The third-order valence-corrected chi connectivity index (χ3v) is 3.99. The Morgan fingerprint density at radius 1 is 1.36 bits per heavy atom. The van der Waals surface area contributed by atoms with E-state index in [1.165, 1.54) is 0 Å². The fraction of sp³-hybridized carbons (Fsp3) is 0.500. The van der Waals surface area contributed by atoms with Gasteiger partial charge in [0.1, 0.15) is 5.60 Å². The number of amides is 1. The van der Waals surface area contributed by atoms with Crippen molar-refractivity contribution in [2.75, 3.05) is 6.54 Å². The van der Waals surface area contributed by atoms with Gasteiger partial charge in [-0.25, -0.2) is 4.79 Å². The molecule has 0 saturated heterocycles. The molecule has 2 atom stereocenters. The summed E-state index contributed by atoms with van der Waals surface area (Å²) < 4.78 is 5.19. The molecule has 1 aromatic carbocycles. The van der Waals surface area contributed by atoms with Crippen molar-refractivity contribution in [2.24, 2.45) is 5.92 Å². The lowest BCUT2D eigenvalue weighted by Crippen LogP contribution is -2.38. The zero-order valence-electron chi connectivity index (χ0n) is 12.9. The predicted octanol–water partition coefficient (Wildman–Crippen LogP) is 3.21. The monoisotopic (exact) mass is 325 g/mol. The molecule has 1 aromatic rings. The van der Waals surface area contributed by atoms with Gasteiger partial charge in [0.15, 0.2) is 0 Å². The van der Waals surface area contributed by atoms with Crippen molar-refractivity contribution in [1.82, 2.24) is 5.32 Å². The summed E-state index contributed by atoms with van der Waals surface area (Å²) in [5.41, 5.74) is -0.319. The van der Waals surface area contributed by atoms with E-state index in [4.69, 9.17) is 16.3 Å². The molecule has 1 saturated carbocycles.